The summed E-state index contributed by atoms with van der Waals surface area (Å²) >= 11 is 0. The minimum atomic E-state index is -0.651. The summed E-state index contributed by atoms with van der Waals surface area (Å²) in [6, 6.07) is 0. The third kappa shape index (κ3) is 4.56. The third-order valence-electron chi connectivity index (χ3n) is 9.40. The van der Waals surface area contributed by atoms with Crippen molar-refractivity contribution in [3.63, 3.8) is 0 Å². The molecule has 0 bridgehead atoms. The van der Waals surface area contributed by atoms with Crippen LogP contribution < -0.4 is 0 Å². The number of fused-ring (bicyclic) bond motifs is 1. The molecule has 0 heterocycles. The number of Topliss-reactive ketones (excluding diaryl/α,β-unsaturated/α-hetero) is 1. The number of hydrogen-bond donors (Lipinski definition) is 3. The molecule has 0 amide bonds. The van der Waals surface area contributed by atoms with Gasteiger partial charge in [-0.3, -0.25) is 4.79 Å². The van der Waals surface area contributed by atoms with E-state index in [1.165, 1.54) is 31.3 Å². The van der Waals surface area contributed by atoms with Gasteiger partial charge in [0, 0.05) is 0 Å². The van der Waals surface area contributed by atoms with Gasteiger partial charge in [0.1, 0.15) is 5.78 Å². The number of aliphatic hydroxyl groups excluding tert-OH is 3. The van der Waals surface area contributed by atoms with Crippen LogP contribution in [0.2, 0.25) is 0 Å². The first-order valence-electron chi connectivity index (χ1n) is 12.8. The molecule has 4 saturated carbocycles. The van der Waals surface area contributed by atoms with Crippen LogP contribution in [-0.2, 0) is 4.79 Å². The van der Waals surface area contributed by atoms with E-state index in [2.05, 4.69) is 32.1 Å². The summed E-state index contributed by atoms with van der Waals surface area (Å²) in [7, 11) is 0. The molecule has 4 heteroatoms. The molecule has 0 radical (unpaired) electrons. The average Bonchev–Trinajstić information content (AvgIpc) is 3.46. The van der Waals surface area contributed by atoms with Crippen LogP contribution >= 0.6 is 0 Å². The molecule has 3 N–H and O–H groups in total. The number of ketones is 1. The van der Waals surface area contributed by atoms with Crippen molar-refractivity contribution in [2.45, 2.75) is 103 Å². The van der Waals surface area contributed by atoms with E-state index in [4.69, 9.17) is 0 Å². The van der Waals surface area contributed by atoms with Gasteiger partial charge in [-0.05, 0) is 94.3 Å². The first-order chi connectivity index (χ1) is 15.2. The summed E-state index contributed by atoms with van der Waals surface area (Å²) in [6.07, 6.45) is 16.5. The summed E-state index contributed by atoms with van der Waals surface area (Å²) in [5, 5.41) is 30.6. The van der Waals surface area contributed by atoms with E-state index in [0.717, 1.165) is 24.8 Å². The lowest BCUT2D eigenvalue weighted by molar-refractivity contribution is -0.124. The largest absolute Gasteiger partial charge is 0.393 e. The Morgan fingerprint density at radius 3 is 2.38 bits per heavy atom. The van der Waals surface area contributed by atoms with Crippen molar-refractivity contribution >= 4 is 5.78 Å². The lowest BCUT2D eigenvalue weighted by atomic mass is 9.61. The lowest BCUT2D eigenvalue weighted by Crippen LogP contribution is -2.35. The smallest absolute Gasteiger partial charge is 0.138 e. The zero-order valence-electron chi connectivity index (χ0n) is 20.1. The van der Waals surface area contributed by atoms with E-state index >= 15 is 0 Å². The van der Waals surface area contributed by atoms with Crippen molar-refractivity contribution in [3.8, 4) is 0 Å². The second-order valence-electron chi connectivity index (χ2n) is 11.5. The van der Waals surface area contributed by atoms with Crippen molar-refractivity contribution in [2.24, 2.45) is 28.6 Å². The summed E-state index contributed by atoms with van der Waals surface area (Å²) in [4.78, 5) is 11.9. The number of carbonyl (C=O) groups is 1. The minimum absolute atomic E-state index is 0.115. The summed E-state index contributed by atoms with van der Waals surface area (Å²) in [5.74, 6) is 1.66. The highest BCUT2D eigenvalue weighted by atomic mass is 16.3. The van der Waals surface area contributed by atoms with Crippen molar-refractivity contribution in [3.05, 3.63) is 35.5 Å². The van der Waals surface area contributed by atoms with Crippen LogP contribution in [0, 0.1) is 28.6 Å². The van der Waals surface area contributed by atoms with Gasteiger partial charge in [0.2, 0.25) is 0 Å². The summed E-state index contributed by atoms with van der Waals surface area (Å²) in [5.41, 5.74) is 2.46. The van der Waals surface area contributed by atoms with Crippen molar-refractivity contribution in [1.82, 2.24) is 0 Å². The van der Waals surface area contributed by atoms with Gasteiger partial charge >= 0.3 is 0 Å². The number of rotatable bonds is 6. The van der Waals surface area contributed by atoms with Crippen molar-refractivity contribution < 1.29 is 20.1 Å². The van der Waals surface area contributed by atoms with E-state index in [9.17, 15) is 20.1 Å². The van der Waals surface area contributed by atoms with E-state index in [1.54, 1.807) is 6.92 Å². The topological polar surface area (TPSA) is 77.8 Å². The van der Waals surface area contributed by atoms with Crippen LogP contribution in [0.15, 0.2) is 35.5 Å². The third-order valence-corrected chi connectivity index (χ3v) is 9.40. The molecule has 0 aromatic heterocycles. The highest BCUT2D eigenvalue weighted by Gasteiger charge is 2.53. The van der Waals surface area contributed by atoms with E-state index in [-0.39, 0.29) is 11.2 Å². The van der Waals surface area contributed by atoms with Gasteiger partial charge in [-0.1, -0.05) is 49.3 Å². The Morgan fingerprint density at radius 1 is 1.06 bits per heavy atom. The van der Waals surface area contributed by atoms with Gasteiger partial charge < -0.3 is 15.3 Å². The van der Waals surface area contributed by atoms with E-state index < -0.39 is 23.7 Å². The minimum Gasteiger partial charge on any atom is -0.393 e. The van der Waals surface area contributed by atoms with Crippen molar-refractivity contribution in [2.75, 3.05) is 0 Å². The molecule has 0 spiro atoms. The molecule has 32 heavy (non-hydrogen) atoms. The van der Waals surface area contributed by atoms with Gasteiger partial charge in [-0.15, -0.1) is 0 Å². The van der Waals surface area contributed by atoms with Crippen LogP contribution in [0.5, 0.6) is 0 Å². The molecular formula is C28H42O4. The Kier molecular flexibility index (Phi) is 6.87. The molecule has 4 nitrogen and oxygen atoms in total. The zero-order chi connectivity index (χ0) is 23.1. The maximum Gasteiger partial charge on any atom is 0.138 e. The molecule has 4 rings (SSSR count). The van der Waals surface area contributed by atoms with Crippen LogP contribution in [0.25, 0.3) is 0 Å². The Hall–Kier alpha value is -1.23. The van der Waals surface area contributed by atoms with Gasteiger partial charge in [0.05, 0.1) is 23.7 Å². The number of hydrogen-bond acceptors (Lipinski definition) is 4. The Balaban J connectivity index is 1.45. The van der Waals surface area contributed by atoms with Gasteiger partial charge in [-0.2, -0.15) is 0 Å². The molecule has 0 aromatic rings. The predicted octanol–water partition coefficient (Wildman–Crippen LogP) is 4.88. The van der Waals surface area contributed by atoms with Crippen LogP contribution in [0.3, 0.4) is 0 Å². The maximum absolute atomic E-state index is 11.9. The predicted molar refractivity (Wildman–Crippen MR) is 127 cm³/mol. The van der Waals surface area contributed by atoms with Gasteiger partial charge in [-0.25, -0.2) is 0 Å². The molecule has 0 unspecified atom stereocenters. The molecule has 7 atom stereocenters. The Morgan fingerprint density at radius 2 is 1.75 bits per heavy atom. The second kappa shape index (κ2) is 9.19. The monoisotopic (exact) mass is 442 g/mol. The second-order valence-corrected chi connectivity index (χ2v) is 11.5. The lowest BCUT2D eigenvalue weighted by Gasteiger charge is -2.44. The van der Waals surface area contributed by atoms with Gasteiger partial charge in [0.25, 0.3) is 0 Å². The Bertz CT molecular complexity index is 792. The van der Waals surface area contributed by atoms with E-state index in [0.29, 0.717) is 37.0 Å². The molecule has 4 fully saturated rings. The quantitative estimate of drug-likeness (QED) is 0.512. The SMILES string of the molecule is CC(=O)C1([C@@H](O)C=C[C@@H](C)[C@H]2CC[C@H]3C(=CC=C4C[C@@H](O)C[C@H](O)C4)CCC[C@]23C)CC1. The number of carbonyl (C=O) groups excluding carboxylic acids is 1. The van der Waals surface area contributed by atoms with Crippen LogP contribution in [-0.4, -0.2) is 39.4 Å². The molecule has 0 aliphatic heterocycles. The standard InChI is InChI=1S/C28H42O4/c1-18(6-11-26(32)28(13-14-28)19(2)29)24-9-10-25-21(5-4-12-27(24,25)3)8-7-20-15-22(30)17-23(31)16-20/h6-8,11,18,22-26,30-32H,4-5,9-10,12-17H2,1-3H3/t18-,22-,23-,24-,25+,26+,27-/m1/s1. The molecule has 178 valence electrons. The first-order valence-corrected chi connectivity index (χ1v) is 12.8. The van der Waals surface area contributed by atoms with Crippen molar-refractivity contribution in [1.29, 1.82) is 0 Å². The molecule has 0 saturated heterocycles. The number of allylic oxidation sites excluding steroid dienone is 4. The summed E-state index contributed by atoms with van der Waals surface area (Å²) in [6.45, 7) is 6.35. The molecule has 4 aliphatic carbocycles. The fourth-order valence-corrected chi connectivity index (χ4v) is 7.26. The Labute approximate surface area is 193 Å². The first kappa shape index (κ1) is 23.9. The fraction of sp³-hybridized carbons (Fsp3) is 0.750. The van der Waals surface area contributed by atoms with Crippen LogP contribution in [0.4, 0.5) is 0 Å². The van der Waals surface area contributed by atoms with Gasteiger partial charge in [0.15, 0.2) is 0 Å². The normalized spacial score (nSPS) is 39.7. The fourth-order valence-electron chi connectivity index (χ4n) is 7.26. The summed E-state index contributed by atoms with van der Waals surface area (Å²) < 4.78 is 0. The molecular weight excluding hydrogens is 400 g/mol. The maximum atomic E-state index is 11.9. The zero-order valence-corrected chi connectivity index (χ0v) is 20.1. The highest BCUT2D eigenvalue weighted by molar-refractivity contribution is 5.86. The highest BCUT2D eigenvalue weighted by Crippen LogP contribution is 2.59. The van der Waals surface area contributed by atoms with E-state index in [1.807, 2.05) is 6.08 Å². The average molecular weight is 443 g/mol. The molecule has 4 aliphatic rings. The number of aliphatic hydroxyl groups is 3. The molecule has 0 aromatic carbocycles. The van der Waals surface area contributed by atoms with Crippen LogP contribution in [0.1, 0.15) is 85.0 Å².